The van der Waals surface area contributed by atoms with Crippen LogP contribution >= 0.6 is 0 Å². The van der Waals surface area contributed by atoms with Crippen LogP contribution in [0, 0.1) is 0 Å². The van der Waals surface area contributed by atoms with Gasteiger partial charge in [-0.05, 0) is 20.8 Å². The fraction of sp³-hybridized carbons (Fsp3) is 0.812. The third-order valence-electron chi connectivity index (χ3n) is 3.94. The first-order valence-corrected chi connectivity index (χ1v) is 8.20. The molecule has 0 aliphatic carbocycles. The number of rotatable bonds is 1. The van der Waals surface area contributed by atoms with Gasteiger partial charge in [0, 0.05) is 51.9 Å². The number of likely N-dealkylation sites (tertiary alicyclic amines) is 2. The minimum atomic E-state index is -0.508. The Morgan fingerprint density at radius 2 is 1.48 bits per heavy atom. The first-order chi connectivity index (χ1) is 10.7. The van der Waals surface area contributed by atoms with Crippen molar-refractivity contribution in [3.63, 3.8) is 0 Å². The molecule has 0 unspecified atom stereocenters. The van der Waals surface area contributed by atoms with Gasteiger partial charge >= 0.3 is 12.2 Å². The minimum absolute atomic E-state index is 0.182. The van der Waals surface area contributed by atoms with Crippen LogP contribution in [0.4, 0.5) is 9.59 Å². The average Bonchev–Trinajstić information content (AvgIpc) is 2.46. The van der Waals surface area contributed by atoms with Crippen molar-refractivity contribution in [2.24, 2.45) is 0 Å². The predicted octanol–water partition coefficient (Wildman–Crippen LogP) is 2.19. The Hall–Kier alpha value is -1.79. The van der Waals surface area contributed by atoms with E-state index in [4.69, 9.17) is 9.47 Å². The molecule has 0 radical (unpaired) electrons. The number of carbonyl (C=O) groups is 3. The summed E-state index contributed by atoms with van der Waals surface area (Å²) in [5.41, 5.74) is -0.508. The third-order valence-corrected chi connectivity index (χ3v) is 3.94. The molecule has 130 valence electrons. The highest BCUT2D eigenvalue weighted by molar-refractivity contribution is 5.81. The van der Waals surface area contributed by atoms with E-state index in [0.717, 1.165) is 0 Å². The van der Waals surface area contributed by atoms with Crippen LogP contribution in [0.3, 0.4) is 0 Å². The standard InChI is InChI=1S/C16H26N2O5/c1-16(2,3)23-15(21)18-10-6-13(7-11-18)22-14(20)17-8-4-12(19)5-9-17/h13H,4-11H2,1-3H3. The summed E-state index contributed by atoms with van der Waals surface area (Å²) in [6.45, 7) is 7.42. The van der Waals surface area contributed by atoms with Gasteiger partial charge in [-0.1, -0.05) is 0 Å². The smallest absolute Gasteiger partial charge is 0.410 e. The van der Waals surface area contributed by atoms with Crippen LogP contribution in [0.15, 0.2) is 0 Å². The molecular weight excluding hydrogens is 300 g/mol. The number of ketones is 1. The average molecular weight is 326 g/mol. The maximum Gasteiger partial charge on any atom is 0.410 e. The lowest BCUT2D eigenvalue weighted by atomic mass is 10.1. The summed E-state index contributed by atoms with van der Waals surface area (Å²) in [5, 5.41) is 0. The molecule has 7 heteroatoms. The highest BCUT2D eigenvalue weighted by atomic mass is 16.6. The zero-order chi connectivity index (χ0) is 17.0. The van der Waals surface area contributed by atoms with Crippen LogP contribution in [0.25, 0.3) is 0 Å². The molecule has 2 fully saturated rings. The number of amides is 2. The molecule has 2 rings (SSSR count). The predicted molar refractivity (Wildman–Crippen MR) is 83.1 cm³/mol. The van der Waals surface area contributed by atoms with Gasteiger partial charge in [0.05, 0.1) is 0 Å². The molecule has 2 heterocycles. The zero-order valence-corrected chi connectivity index (χ0v) is 14.2. The molecule has 0 saturated carbocycles. The van der Waals surface area contributed by atoms with Gasteiger partial charge in [-0.15, -0.1) is 0 Å². The first kappa shape index (κ1) is 17.6. The van der Waals surface area contributed by atoms with Crippen molar-refractivity contribution in [3.05, 3.63) is 0 Å². The number of piperidine rings is 2. The van der Waals surface area contributed by atoms with Crippen LogP contribution in [0.1, 0.15) is 46.5 Å². The second-order valence-corrected chi connectivity index (χ2v) is 7.08. The summed E-state index contributed by atoms with van der Waals surface area (Å²) in [7, 11) is 0. The maximum atomic E-state index is 12.1. The maximum absolute atomic E-state index is 12.1. The van der Waals surface area contributed by atoms with Gasteiger partial charge in [0.15, 0.2) is 0 Å². The molecule has 2 saturated heterocycles. The lowest BCUT2D eigenvalue weighted by molar-refractivity contribution is -0.121. The summed E-state index contributed by atoms with van der Waals surface area (Å²) < 4.78 is 10.8. The second-order valence-electron chi connectivity index (χ2n) is 7.08. The van der Waals surface area contributed by atoms with Gasteiger partial charge in [-0.2, -0.15) is 0 Å². The molecule has 0 N–H and O–H groups in total. The molecule has 2 aliphatic heterocycles. The summed E-state index contributed by atoms with van der Waals surface area (Å²) in [4.78, 5) is 38.5. The number of nitrogens with zero attached hydrogens (tertiary/aromatic N) is 2. The van der Waals surface area contributed by atoms with Crippen LogP contribution < -0.4 is 0 Å². The lowest BCUT2D eigenvalue weighted by Crippen LogP contribution is -2.45. The minimum Gasteiger partial charge on any atom is -0.446 e. The highest BCUT2D eigenvalue weighted by Crippen LogP contribution is 2.18. The van der Waals surface area contributed by atoms with Crippen LogP contribution in [0.2, 0.25) is 0 Å². The van der Waals surface area contributed by atoms with E-state index in [2.05, 4.69) is 0 Å². The Morgan fingerprint density at radius 1 is 0.957 bits per heavy atom. The van der Waals surface area contributed by atoms with Crippen molar-refractivity contribution >= 4 is 18.0 Å². The molecule has 23 heavy (non-hydrogen) atoms. The van der Waals surface area contributed by atoms with Gasteiger partial charge in [0.1, 0.15) is 17.5 Å². The summed E-state index contributed by atoms with van der Waals surface area (Å²) in [6, 6.07) is 0. The molecule has 0 atom stereocenters. The molecular formula is C16H26N2O5. The summed E-state index contributed by atoms with van der Waals surface area (Å²) >= 11 is 0. The van der Waals surface area contributed by atoms with Gasteiger partial charge < -0.3 is 19.3 Å². The van der Waals surface area contributed by atoms with Crippen LogP contribution in [-0.4, -0.2) is 65.7 Å². The molecule has 7 nitrogen and oxygen atoms in total. The van der Waals surface area contributed by atoms with Gasteiger partial charge in [0.2, 0.25) is 0 Å². The van der Waals surface area contributed by atoms with E-state index in [-0.39, 0.29) is 24.1 Å². The Balaban J connectivity index is 1.73. The molecule has 2 amide bonds. The number of carbonyl (C=O) groups excluding carboxylic acids is 3. The number of ether oxygens (including phenoxy) is 2. The number of hydrogen-bond donors (Lipinski definition) is 0. The van der Waals surface area contributed by atoms with Gasteiger partial charge in [-0.3, -0.25) is 4.79 Å². The van der Waals surface area contributed by atoms with E-state index in [1.165, 1.54) is 0 Å². The SMILES string of the molecule is CC(C)(C)OC(=O)N1CCC(OC(=O)N2CCC(=O)CC2)CC1. The van der Waals surface area contributed by atoms with Crippen molar-refractivity contribution in [2.75, 3.05) is 26.2 Å². The Kier molecular flexibility index (Phi) is 5.49. The summed E-state index contributed by atoms with van der Waals surface area (Å²) in [6.07, 6.45) is 1.18. The fourth-order valence-electron chi connectivity index (χ4n) is 2.64. The lowest BCUT2D eigenvalue weighted by Gasteiger charge is -2.34. The molecule has 0 aromatic rings. The number of Topliss-reactive ketones (excluding diaryl/α,β-unsaturated/α-hetero) is 1. The quantitative estimate of drug-likeness (QED) is 0.738. The van der Waals surface area contributed by atoms with Gasteiger partial charge in [-0.25, -0.2) is 9.59 Å². The van der Waals surface area contributed by atoms with Crippen molar-refractivity contribution in [1.29, 1.82) is 0 Å². The van der Waals surface area contributed by atoms with E-state index in [9.17, 15) is 14.4 Å². The Bertz CT molecular complexity index is 454. The number of hydrogen-bond acceptors (Lipinski definition) is 5. The molecule has 0 aromatic heterocycles. The van der Waals surface area contributed by atoms with E-state index in [0.29, 0.717) is 51.9 Å². The van der Waals surface area contributed by atoms with Crippen molar-refractivity contribution in [3.8, 4) is 0 Å². The highest BCUT2D eigenvalue weighted by Gasteiger charge is 2.30. The van der Waals surface area contributed by atoms with E-state index < -0.39 is 5.60 Å². The van der Waals surface area contributed by atoms with E-state index in [1.54, 1.807) is 9.80 Å². The Labute approximate surface area is 136 Å². The Morgan fingerprint density at radius 3 is 2.00 bits per heavy atom. The molecule has 0 aromatic carbocycles. The monoisotopic (exact) mass is 326 g/mol. The largest absolute Gasteiger partial charge is 0.446 e. The zero-order valence-electron chi connectivity index (χ0n) is 14.2. The van der Waals surface area contributed by atoms with E-state index in [1.807, 2.05) is 20.8 Å². The van der Waals surface area contributed by atoms with Crippen LogP contribution in [0.5, 0.6) is 0 Å². The summed E-state index contributed by atoms with van der Waals surface area (Å²) in [5.74, 6) is 0.194. The molecule has 2 aliphatic rings. The van der Waals surface area contributed by atoms with Crippen molar-refractivity contribution in [2.45, 2.75) is 58.2 Å². The molecule has 0 bridgehead atoms. The topological polar surface area (TPSA) is 76.2 Å². The molecule has 0 spiro atoms. The van der Waals surface area contributed by atoms with Gasteiger partial charge in [0.25, 0.3) is 0 Å². The first-order valence-electron chi connectivity index (χ1n) is 8.20. The normalized spacial score (nSPS) is 20.4. The van der Waals surface area contributed by atoms with Crippen molar-refractivity contribution < 1.29 is 23.9 Å². The third kappa shape index (κ3) is 5.41. The fourth-order valence-corrected chi connectivity index (χ4v) is 2.64. The van der Waals surface area contributed by atoms with Crippen molar-refractivity contribution in [1.82, 2.24) is 9.80 Å². The van der Waals surface area contributed by atoms with Crippen LogP contribution in [-0.2, 0) is 14.3 Å². The second kappa shape index (κ2) is 7.19. The van der Waals surface area contributed by atoms with E-state index >= 15 is 0 Å².